The first-order valence-electron chi connectivity index (χ1n) is 3.54. The number of aliphatic hydroxyl groups is 1. The summed E-state index contributed by atoms with van der Waals surface area (Å²) in [6.45, 7) is 0.224. The molecule has 0 radical (unpaired) electrons. The molecule has 1 heterocycles. The van der Waals surface area contributed by atoms with Crippen molar-refractivity contribution < 1.29 is 9.50 Å². The van der Waals surface area contributed by atoms with Crippen molar-refractivity contribution in [1.29, 1.82) is 0 Å². The summed E-state index contributed by atoms with van der Waals surface area (Å²) in [5.41, 5.74) is 0.735. The van der Waals surface area contributed by atoms with E-state index < -0.39 is 0 Å². The minimum atomic E-state index is -0.330. The van der Waals surface area contributed by atoms with Crippen LogP contribution in [0.2, 0.25) is 0 Å². The van der Waals surface area contributed by atoms with E-state index in [0.717, 1.165) is 5.69 Å². The molecule has 1 aromatic rings. The Morgan fingerprint density at radius 2 is 2.45 bits per heavy atom. The highest BCUT2D eigenvalue weighted by atomic mass is 19.1. The molecule has 62 valence electrons. The highest BCUT2D eigenvalue weighted by molar-refractivity contribution is 4.95. The lowest BCUT2D eigenvalue weighted by Crippen LogP contribution is -2.02. The molecule has 4 heteroatoms. The van der Waals surface area contributed by atoms with Crippen molar-refractivity contribution in [3.05, 3.63) is 18.2 Å². The second-order valence-corrected chi connectivity index (χ2v) is 2.28. The van der Waals surface area contributed by atoms with Crippen molar-refractivity contribution in [3.8, 4) is 0 Å². The van der Waals surface area contributed by atoms with E-state index in [9.17, 15) is 4.39 Å². The molecule has 0 spiro atoms. The van der Waals surface area contributed by atoms with Gasteiger partial charge in [0, 0.05) is 6.54 Å². The lowest BCUT2D eigenvalue weighted by atomic mass is 10.4. The van der Waals surface area contributed by atoms with Gasteiger partial charge in [-0.05, 0) is 6.42 Å². The van der Waals surface area contributed by atoms with Crippen LogP contribution in [0.15, 0.2) is 12.5 Å². The molecule has 0 saturated heterocycles. The molecule has 0 aliphatic rings. The molecule has 3 nitrogen and oxygen atoms in total. The number of aryl methyl sites for hydroxylation is 1. The lowest BCUT2D eigenvalue weighted by molar-refractivity contribution is 0.269. The first-order chi connectivity index (χ1) is 5.38. The third kappa shape index (κ3) is 2.01. The summed E-state index contributed by atoms with van der Waals surface area (Å²) < 4.78 is 13.5. The zero-order valence-corrected chi connectivity index (χ0v) is 6.20. The van der Waals surface area contributed by atoms with Gasteiger partial charge in [-0.15, -0.1) is 0 Å². The van der Waals surface area contributed by atoms with E-state index in [0.29, 0.717) is 13.0 Å². The smallest absolute Gasteiger partial charge is 0.0948 e. The van der Waals surface area contributed by atoms with Crippen molar-refractivity contribution in [3.63, 3.8) is 0 Å². The molecule has 0 amide bonds. The highest BCUT2D eigenvalue weighted by Gasteiger charge is 1.98. The van der Waals surface area contributed by atoms with Crippen LogP contribution in [-0.4, -0.2) is 21.3 Å². The maximum Gasteiger partial charge on any atom is 0.0948 e. The molecule has 1 aromatic heterocycles. The Morgan fingerprint density at radius 3 is 3.09 bits per heavy atom. The fraction of sp³-hybridized carbons (Fsp3) is 0.571. The van der Waals surface area contributed by atoms with Gasteiger partial charge >= 0.3 is 0 Å². The molecule has 0 unspecified atom stereocenters. The van der Waals surface area contributed by atoms with E-state index >= 15 is 0 Å². The van der Waals surface area contributed by atoms with Gasteiger partial charge in [0.25, 0.3) is 0 Å². The van der Waals surface area contributed by atoms with Crippen molar-refractivity contribution >= 4 is 0 Å². The van der Waals surface area contributed by atoms with Gasteiger partial charge in [0.2, 0.25) is 0 Å². The number of nitrogens with zero attached hydrogens (tertiary/aromatic N) is 2. The van der Waals surface area contributed by atoms with Crippen LogP contribution >= 0.6 is 0 Å². The van der Waals surface area contributed by atoms with Gasteiger partial charge in [0.05, 0.1) is 31.5 Å². The van der Waals surface area contributed by atoms with Gasteiger partial charge in [-0.25, -0.2) is 4.98 Å². The van der Waals surface area contributed by atoms with E-state index in [1.54, 1.807) is 17.1 Å². The van der Waals surface area contributed by atoms with Crippen LogP contribution in [0.1, 0.15) is 12.1 Å². The first kappa shape index (κ1) is 8.20. The second-order valence-electron chi connectivity index (χ2n) is 2.28. The maximum absolute atomic E-state index is 11.7. The minimum absolute atomic E-state index is 0.0354. The molecular weight excluding hydrogens is 147 g/mol. The maximum atomic E-state index is 11.7. The van der Waals surface area contributed by atoms with Gasteiger partial charge in [-0.1, -0.05) is 0 Å². The minimum Gasteiger partial charge on any atom is -0.390 e. The normalized spacial score (nSPS) is 10.4. The molecule has 11 heavy (non-hydrogen) atoms. The van der Waals surface area contributed by atoms with Gasteiger partial charge in [-0.3, -0.25) is 4.39 Å². The topological polar surface area (TPSA) is 38.1 Å². The first-order valence-corrected chi connectivity index (χ1v) is 3.54. The molecule has 1 rings (SSSR count). The van der Waals surface area contributed by atoms with E-state index in [1.165, 1.54) is 0 Å². The van der Waals surface area contributed by atoms with E-state index in [4.69, 9.17) is 5.11 Å². The summed E-state index contributed by atoms with van der Waals surface area (Å²) >= 11 is 0. The third-order valence-corrected chi connectivity index (χ3v) is 1.49. The van der Waals surface area contributed by atoms with Gasteiger partial charge in [0.15, 0.2) is 0 Å². The number of halogens is 1. The molecule has 0 atom stereocenters. The Kier molecular flexibility index (Phi) is 3.04. The van der Waals surface area contributed by atoms with Gasteiger partial charge in [-0.2, -0.15) is 0 Å². The largest absolute Gasteiger partial charge is 0.390 e. The monoisotopic (exact) mass is 158 g/mol. The van der Waals surface area contributed by atoms with Crippen LogP contribution in [0.4, 0.5) is 4.39 Å². The summed E-state index contributed by atoms with van der Waals surface area (Å²) in [6.07, 6.45) is 3.66. The van der Waals surface area contributed by atoms with E-state index in [1.807, 2.05) is 0 Å². The standard InChI is InChI=1S/C7H11FN2O/c8-2-1-3-10-6-9-4-7(10)5-11/h4,6,11H,1-3,5H2. The highest BCUT2D eigenvalue weighted by Crippen LogP contribution is 2.00. The number of imidazole rings is 1. The molecule has 0 fully saturated rings. The van der Waals surface area contributed by atoms with Gasteiger partial charge in [0.1, 0.15) is 0 Å². The number of hydrogen-bond acceptors (Lipinski definition) is 2. The average Bonchev–Trinajstić information content (AvgIpc) is 2.47. The van der Waals surface area contributed by atoms with Gasteiger partial charge < -0.3 is 9.67 Å². The molecule has 0 aliphatic heterocycles. The van der Waals surface area contributed by atoms with Crippen LogP contribution < -0.4 is 0 Å². The lowest BCUT2D eigenvalue weighted by Gasteiger charge is -2.02. The quantitative estimate of drug-likeness (QED) is 0.701. The zero-order valence-electron chi connectivity index (χ0n) is 6.20. The average molecular weight is 158 g/mol. The van der Waals surface area contributed by atoms with Crippen LogP contribution in [0.25, 0.3) is 0 Å². The number of alkyl halides is 1. The third-order valence-electron chi connectivity index (χ3n) is 1.49. The zero-order chi connectivity index (χ0) is 8.10. The van der Waals surface area contributed by atoms with Crippen LogP contribution in [0, 0.1) is 0 Å². The Hall–Kier alpha value is -0.900. The predicted octanol–water partition coefficient (Wildman–Crippen LogP) is 0.735. The summed E-state index contributed by atoms with van der Waals surface area (Å²) in [4.78, 5) is 3.83. The molecule has 0 aliphatic carbocycles. The van der Waals surface area contributed by atoms with Crippen LogP contribution in [0.3, 0.4) is 0 Å². The molecule has 0 saturated carbocycles. The fourth-order valence-corrected chi connectivity index (χ4v) is 0.911. The number of rotatable bonds is 4. The molecule has 0 bridgehead atoms. The second kappa shape index (κ2) is 4.08. The van der Waals surface area contributed by atoms with E-state index in [-0.39, 0.29) is 13.3 Å². The Morgan fingerprint density at radius 1 is 1.64 bits per heavy atom. The number of aliphatic hydroxyl groups excluding tert-OH is 1. The van der Waals surface area contributed by atoms with Crippen molar-refractivity contribution in [1.82, 2.24) is 9.55 Å². The Bertz CT molecular complexity index is 212. The molecule has 0 aromatic carbocycles. The summed E-state index contributed by atoms with van der Waals surface area (Å²) in [7, 11) is 0. The Balaban J connectivity index is 2.54. The fourth-order valence-electron chi connectivity index (χ4n) is 0.911. The van der Waals surface area contributed by atoms with Crippen LogP contribution in [-0.2, 0) is 13.2 Å². The SMILES string of the molecule is OCc1cncn1CCCF. The van der Waals surface area contributed by atoms with Crippen molar-refractivity contribution in [2.75, 3.05) is 6.67 Å². The number of hydrogen-bond donors (Lipinski definition) is 1. The predicted molar refractivity (Wildman–Crippen MR) is 38.7 cm³/mol. The molecule has 1 N–H and O–H groups in total. The molecular formula is C7H11FN2O. The van der Waals surface area contributed by atoms with Crippen molar-refractivity contribution in [2.45, 2.75) is 19.6 Å². The number of aromatic nitrogens is 2. The Labute approximate surface area is 64.5 Å². The summed E-state index contributed by atoms with van der Waals surface area (Å²) in [5, 5.41) is 8.75. The van der Waals surface area contributed by atoms with E-state index in [2.05, 4.69) is 4.98 Å². The van der Waals surface area contributed by atoms with Crippen molar-refractivity contribution in [2.24, 2.45) is 0 Å². The summed E-state index contributed by atoms with van der Waals surface area (Å²) in [5.74, 6) is 0. The summed E-state index contributed by atoms with van der Waals surface area (Å²) in [6, 6.07) is 0. The van der Waals surface area contributed by atoms with Crippen LogP contribution in [0.5, 0.6) is 0 Å².